The van der Waals surface area contributed by atoms with Gasteiger partial charge in [-0.05, 0) is 66.4 Å². The lowest BCUT2D eigenvalue weighted by molar-refractivity contribution is -0.144. The van der Waals surface area contributed by atoms with E-state index in [2.05, 4.69) is 41.9 Å². The van der Waals surface area contributed by atoms with Crippen molar-refractivity contribution in [1.29, 1.82) is 0 Å². The fourth-order valence-electron chi connectivity index (χ4n) is 7.80. The lowest BCUT2D eigenvalue weighted by atomic mass is 9.93. The number of nitrogens with two attached hydrogens (primary N) is 1. The van der Waals surface area contributed by atoms with Gasteiger partial charge in [0, 0.05) is 12.6 Å². The molecule has 0 bridgehead atoms. The van der Waals surface area contributed by atoms with E-state index >= 15 is 0 Å². The van der Waals surface area contributed by atoms with Gasteiger partial charge < -0.3 is 26.6 Å². The van der Waals surface area contributed by atoms with E-state index in [1.165, 1.54) is 17.5 Å². The summed E-state index contributed by atoms with van der Waals surface area (Å²) in [4.78, 5) is 67.2. The summed E-state index contributed by atoms with van der Waals surface area (Å²) >= 11 is 0. The van der Waals surface area contributed by atoms with Crippen LogP contribution in [0.5, 0.6) is 0 Å². The molecular weight excluding hydrogens is 534 g/mol. The summed E-state index contributed by atoms with van der Waals surface area (Å²) in [6, 6.07) is 5.19. The maximum Gasteiger partial charge on any atom is 0.315 e. The van der Waals surface area contributed by atoms with Gasteiger partial charge in [-0.3, -0.25) is 19.2 Å². The summed E-state index contributed by atoms with van der Waals surface area (Å²) in [5.74, 6) is -2.75. The number of urea groups is 1. The number of piperidine rings is 1. The third-order valence-electron chi connectivity index (χ3n) is 10.3. The molecule has 5 N–H and O–H groups in total. The molecule has 4 aliphatic rings. The lowest BCUT2D eigenvalue weighted by Crippen LogP contribution is -2.60. The number of benzene rings is 1. The summed E-state index contributed by atoms with van der Waals surface area (Å²) in [5.41, 5.74) is 7.45. The summed E-state index contributed by atoms with van der Waals surface area (Å²) < 4.78 is 0. The van der Waals surface area contributed by atoms with Gasteiger partial charge in [-0.25, -0.2) is 4.79 Å². The summed E-state index contributed by atoms with van der Waals surface area (Å²) in [7, 11) is 0. The number of carbonyl (C=O) groups is 5. The zero-order chi connectivity index (χ0) is 30.2. The second kappa shape index (κ2) is 12.1. The molecule has 42 heavy (non-hydrogen) atoms. The van der Waals surface area contributed by atoms with Gasteiger partial charge in [-0.2, -0.15) is 0 Å². The average molecular weight is 580 g/mol. The second-order valence-electron chi connectivity index (χ2n) is 13.3. The normalized spacial score (nSPS) is 26.0. The zero-order valence-electron chi connectivity index (χ0n) is 25.0. The molecule has 5 atom stereocenters. The zero-order valence-corrected chi connectivity index (χ0v) is 25.0. The molecule has 1 aromatic rings. The molecule has 10 heteroatoms. The number of carbonyl (C=O) groups excluding carboxylic acids is 5. The molecular formula is C32H45N5O5. The van der Waals surface area contributed by atoms with Crippen molar-refractivity contribution in [2.45, 2.75) is 103 Å². The number of Topliss-reactive ketones (excluding diaryl/α,β-unsaturated/α-hetero) is 1. The van der Waals surface area contributed by atoms with E-state index in [1.807, 2.05) is 19.1 Å². The minimum Gasteiger partial charge on any atom is -0.363 e. The number of nitrogens with one attached hydrogen (secondary N) is 3. The van der Waals surface area contributed by atoms with Gasteiger partial charge in [0.15, 0.2) is 0 Å². The molecule has 3 fully saturated rings. The average Bonchev–Trinajstić information content (AvgIpc) is 3.33. The molecule has 5 unspecified atom stereocenters. The molecule has 0 aromatic heterocycles. The number of hydrogen-bond acceptors (Lipinski definition) is 5. The van der Waals surface area contributed by atoms with E-state index in [0.29, 0.717) is 25.8 Å². The quantitative estimate of drug-likeness (QED) is 0.314. The molecule has 3 aliphatic carbocycles. The number of hydrogen-bond donors (Lipinski definition) is 4. The number of rotatable bonds is 10. The van der Waals surface area contributed by atoms with Crippen LogP contribution in [0, 0.1) is 23.2 Å². The van der Waals surface area contributed by atoms with Crippen LogP contribution in [0.1, 0.15) is 76.8 Å². The van der Waals surface area contributed by atoms with E-state index in [4.69, 9.17) is 5.73 Å². The highest BCUT2D eigenvalue weighted by molar-refractivity contribution is 6.37. The van der Waals surface area contributed by atoms with E-state index < -0.39 is 35.7 Å². The Morgan fingerprint density at radius 3 is 2.24 bits per heavy atom. The Bertz CT molecular complexity index is 1220. The van der Waals surface area contributed by atoms with Crippen LogP contribution in [-0.2, 0) is 32.0 Å². The number of ketones is 1. The van der Waals surface area contributed by atoms with Crippen LogP contribution in [-0.4, -0.2) is 65.1 Å². The SMILES string of the molecule is CCCC(NC(=O)C1C2C(CN1C(=O)C(NC(=O)NC1CCCCC1)C1Cc3ccccc3C1)C2(C)C)C(=O)C(N)=O. The van der Waals surface area contributed by atoms with Crippen LogP contribution < -0.4 is 21.7 Å². The second-order valence-corrected chi connectivity index (χ2v) is 13.3. The Hall–Kier alpha value is -3.43. The molecule has 1 aromatic carbocycles. The van der Waals surface area contributed by atoms with Crippen molar-refractivity contribution in [2.24, 2.45) is 28.9 Å². The van der Waals surface area contributed by atoms with Gasteiger partial charge >= 0.3 is 6.03 Å². The first-order valence-corrected chi connectivity index (χ1v) is 15.6. The first kappa shape index (κ1) is 30.0. The van der Waals surface area contributed by atoms with Crippen molar-refractivity contribution in [2.75, 3.05) is 6.54 Å². The van der Waals surface area contributed by atoms with Crippen LogP contribution in [0.2, 0.25) is 0 Å². The molecule has 10 nitrogen and oxygen atoms in total. The summed E-state index contributed by atoms with van der Waals surface area (Å²) in [6.07, 6.45) is 7.33. The predicted molar refractivity (Wildman–Crippen MR) is 157 cm³/mol. The highest BCUT2D eigenvalue weighted by Crippen LogP contribution is 2.65. The van der Waals surface area contributed by atoms with Crippen molar-refractivity contribution < 1.29 is 24.0 Å². The topological polar surface area (TPSA) is 151 Å². The summed E-state index contributed by atoms with van der Waals surface area (Å²) in [6.45, 7) is 6.43. The molecule has 0 radical (unpaired) electrons. The van der Waals surface area contributed by atoms with Gasteiger partial charge in [0.25, 0.3) is 5.91 Å². The van der Waals surface area contributed by atoms with Gasteiger partial charge in [0.05, 0.1) is 6.04 Å². The van der Waals surface area contributed by atoms with Crippen molar-refractivity contribution in [3.8, 4) is 0 Å². The fraction of sp³-hybridized carbons (Fsp3) is 0.656. The van der Waals surface area contributed by atoms with E-state index in [-0.39, 0.29) is 47.6 Å². The van der Waals surface area contributed by atoms with Crippen molar-refractivity contribution >= 4 is 29.5 Å². The maximum atomic E-state index is 14.4. The largest absolute Gasteiger partial charge is 0.363 e. The minimum absolute atomic E-state index is 0.0788. The number of nitrogens with zero attached hydrogens (tertiary/aromatic N) is 1. The number of primary amides is 1. The maximum absolute atomic E-state index is 14.4. The van der Waals surface area contributed by atoms with E-state index in [9.17, 15) is 24.0 Å². The molecule has 1 aliphatic heterocycles. The van der Waals surface area contributed by atoms with Crippen LogP contribution in [0.3, 0.4) is 0 Å². The molecule has 0 spiro atoms. The molecule has 1 saturated heterocycles. The minimum atomic E-state index is -1.09. The van der Waals surface area contributed by atoms with Gasteiger partial charge in [0.1, 0.15) is 12.1 Å². The van der Waals surface area contributed by atoms with Crippen LogP contribution in [0.25, 0.3) is 0 Å². The Labute approximate surface area is 247 Å². The number of fused-ring (bicyclic) bond motifs is 2. The highest BCUT2D eigenvalue weighted by atomic mass is 16.2. The van der Waals surface area contributed by atoms with E-state index in [1.54, 1.807) is 4.90 Å². The standard InChI is InChI=1S/C32H45N5O5/c1-4-10-23(27(38)28(33)39)35-29(40)26-24-22(32(24,2)3)17-37(26)30(41)25(20-15-18-11-8-9-12-19(18)16-20)36-31(42)34-21-13-6-5-7-14-21/h8-9,11-12,20-26H,4-7,10,13-17H2,1-3H3,(H2,33,39)(H,35,40)(H2,34,36,42). The Morgan fingerprint density at radius 2 is 1.64 bits per heavy atom. The van der Waals surface area contributed by atoms with Gasteiger partial charge in [-0.1, -0.05) is 70.7 Å². The lowest BCUT2D eigenvalue weighted by Gasteiger charge is -2.35. The van der Waals surface area contributed by atoms with Crippen LogP contribution in [0.4, 0.5) is 4.79 Å². The molecule has 5 amide bonds. The Kier molecular flexibility index (Phi) is 8.62. The van der Waals surface area contributed by atoms with E-state index in [0.717, 1.165) is 25.7 Å². The Morgan fingerprint density at radius 1 is 1.00 bits per heavy atom. The molecule has 5 rings (SSSR count). The first-order chi connectivity index (χ1) is 20.0. The number of amides is 5. The third kappa shape index (κ3) is 5.90. The van der Waals surface area contributed by atoms with Crippen molar-refractivity contribution in [3.05, 3.63) is 35.4 Å². The fourth-order valence-corrected chi connectivity index (χ4v) is 7.80. The monoisotopic (exact) mass is 579 g/mol. The molecule has 2 saturated carbocycles. The van der Waals surface area contributed by atoms with Gasteiger partial charge in [0.2, 0.25) is 17.6 Å². The summed E-state index contributed by atoms with van der Waals surface area (Å²) in [5, 5.41) is 8.87. The molecule has 1 heterocycles. The van der Waals surface area contributed by atoms with Gasteiger partial charge in [-0.15, -0.1) is 0 Å². The third-order valence-corrected chi connectivity index (χ3v) is 10.3. The number of likely N-dealkylation sites (tertiary alicyclic amines) is 1. The highest BCUT2D eigenvalue weighted by Gasteiger charge is 2.69. The van der Waals surface area contributed by atoms with Crippen LogP contribution in [0.15, 0.2) is 24.3 Å². The smallest absolute Gasteiger partial charge is 0.315 e. The molecule has 228 valence electrons. The first-order valence-electron chi connectivity index (χ1n) is 15.6. The predicted octanol–water partition coefficient (Wildman–Crippen LogP) is 2.22. The van der Waals surface area contributed by atoms with Crippen molar-refractivity contribution in [1.82, 2.24) is 20.9 Å². The van der Waals surface area contributed by atoms with Crippen LogP contribution >= 0.6 is 0 Å². The Balaban J connectivity index is 1.38. The van der Waals surface area contributed by atoms with Crippen molar-refractivity contribution in [3.63, 3.8) is 0 Å².